The van der Waals surface area contributed by atoms with Crippen molar-refractivity contribution in [2.24, 2.45) is 0 Å². The van der Waals surface area contributed by atoms with Crippen LogP contribution in [0, 0.1) is 0 Å². The van der Waals surface area contributed by atoms with E-state index in [0.717, 1.165) is 23.7 Å². The summed E-state index contributed by atoms with van der Waals surface area (Å²) in [6.07, 6.45) is 4.16. The zero-order chi connectivity index (χ0) is 13.3. The fourth-order valence-corrected chi connectivity index (χ4v) is 1.75. The van der Waals surface area contributed by atoms with E-state index in [1.807, 2.05) is 36.4 Å². The van der Waals surface area contributed by atoms with Crippen LogP contribution in [0.5, 0.6) is 5.75 Å². The minimum absolute atomic E-state index is 0.499. The van der Waals surface area contributed by atoms with Crippen molar-refractivity contribution in [2.75, 3.05) is 11.9 Å². The molecule has 0 saturated heterocycles. The number of unbranched alkanes of at least 4 members (excludes halogenated alkanes) is 1. The third-order valence-electron chi connectivity index (χ3n) is 2.81. The van der Waals surface area contributed by atoms with Gasteiger partial charge in [-0.2, -0.15) is 0 Å². The fraction of sp³-hybridized carbons (Fsp3) is 0.312. The molecule has 3 heteroatoms. The Morgan fingerprint density at radius 3 is 2.89 bits per heavy atom. The van der Waals surface area contributed by atoms with Gasteiger partial charge in [0.2, 0.25) is 0 Å². The molecule has 0 bridgehead atoms. The highest BCUT2D eigenvalue weighted by atomic mass is 16.5. The summed E-state index contributed by atoms with van der Waals surface area (Å²) in [4.78, 5) is 4.24. The first-order valence-electron chi connectivity index (χ1n) is 6.75. The molecular weight excluding hydrogens is 236 g/mol. The number of rotatable bonds is 7. The maximum absolute atomic E-state index is 5.74. The number of hydrogen-bond donors (Lipinski definition) is 1. The number of hydrogen-bond acceptors (Lipinski definition) is 3. The normalized spacial score (nSPS) is 10.2. The Balaban J connectivity index is 1.88. The van der Waals surface area contributed by atoms with Crippen molar-refractivity contribution in [3.8, 4) is 5.75 Å². The summed E-state index contributed by atoms with van der Waals surface area (Å²) in [6, 6.07) is 13.9. The molecule has 2 aromatic rings. The SMILES string of the molecule is CCCCNc1cccc(OCc2ccccn2)c1. The van der Waals surface area contributed by atoms with Gasteiger partial charge in [0.05, 0.1) is 5.69 Å². The van der Waals surface area contributed by atoms with Crippen LogP contribution in [-0.2, 0) is 6.61 Å². The Kier molecular flexibility index (Phi) is 5.23. The second kappa shape index (κ2) is 7.41. The van der Waals surface area contributed by atoms with Crippen LogP contribution in [0.25, 0.3) is 0 Å². The standard InChI is InChI=1S/C16H20N2O/c1-2-3-10-17-14-8-6-9-16(12-14)19-13-15-7-4-5-11-18-15/h4-9,11-12,17H,2-3,10,13H2,1H3. The predicted octanol–water partition coefficient (Wildman–Crippen LogP) is 3.87. The molecule has 0 spiro atoms. The Labute approximate surface area is 114 Å². The van der Waals surface area contributed by atoms with Gasteiger partial charge >= 0.3 is 0 Å². The first kappa shape index (κ1) is 13.4. The maximum Gasteiger partial charge on any atom is 0.130 e. The average Bonchev–Trinajstić information content (AvgIpc) is 2.47. The molecular formula is C16H20N2O. The van der Waals surface area contributed by atoms with Crippen molar-refractivity contribution in [3.63, 3.8) is 0 Å². The van der Waals surface area contributed by atoms with Crippen molar-refractivity contribution in [3.05, 3.63) is 54.4 Å². The molecule has 0 saturated carbocycles. The smallest absolute Gasteiger partial charge is 0.130 e. The molecule has 1 heterocycles. The molecule has 0 aliphatic carbocycles. The summed E-state index contributed by atoms with van der Waals surface area (Å²) in [6.45, 7) is 3.69. The lowest BCUT2D eigenvalue weighted by atomic mass is 10.2. The molecule has 19 heavy (non-hydrogen) atoms. The number of nitrogens with one attached hydrogen (secondary N) is 1. The Morgan fingerprint density at radius 1 is 1.16 bits per heavy atom. The highest BCUT2D eigenvalue weighted by Crippen LogP contribution is 2.18. The van der Waals surface area contributed by atoms with Crippen molar-refractivity contribution in [1.82, 2.24) is 4.98 Å². The van der Waals surface area contributed by atoms with E-state index in [4.69, 9.17) is 4.74 Å². The average molecular weight is 256 g/mol. The van der Waals surface area contributed by atoms with Crippen LogP contribution >= 0.6 is 0 Å². The van der Waals surface area contributed by atoms with Gasteiger partial charge in [-0.1, -0.05) is 25.5 Å². The third-order valence-corrected chi connectivity index (χ3v) is 2.81. The second-order valence-electron chi connectivity index (χ2n) is 4.42. The lowest BCUT2D eigenvalue weighted by Gasteiger charge is -2.09. The second-order valence-corrected chi connectivity index (χ2v) is 4.42. The van der Waals surface area contributed by atoms with Gasteiger partial charge < -0.3 is 10.1 Å². The predicted molar refractivity (Wildman–Crippen MR) is 78.4 cm³/mol. The number of nitrogens with zero attached hydrogens (tertiary/aromatic N) is 1. The summed E-state index contributed by atoms with van der Waals surface area (Å²) >= 11 is 0. The third kappa shape index (κ3) is 4.62. The van der Waals surface area contributed by atoms with Crippen molar-refractivity contribution < 1.29 is 4.74 Å². The van der Waals surface area contributed by atoms with E-state index in [1.165, 1.54) is 12.8 Å². The van der Waals surface area contributed by atoms with Gasteiger partial charge in [-0.3, -0.25) is 4.98 Å². The molecule has 1 aromatic heterocycles. The van der Waals surface area contributed by atoms with Gasteiger partial charge in [0, 0.05) is 24.5 Å². The maximum atomic E-state index is 5.74. The zero-order valence-electron chi connectivity index (χ0n) is 11.3. The quantitative estimate of drug-likeness (QED) is 0.763. The van der Waals surface area contributed by atoms with Crippen molar-refractivity contribution in [1.29, 1.82) is 0 Å². The number of ether oxygens (including phenoxy) is 1. The molecule has 2 rings (SSSR count). The van der Waals surface area contributed by atoms with Gasteiger partial charge in [0.1, 0.15) is 12.4 Å². The molecule has 0 unspecified atom stereocenters. The number of pyridine rings is 1. The van der Waals surface area contributed by atoms with Crippen LogP contribution in [0.15, 0.2) is 48.7 Å². The molecule has 0 fully saturated rings. The van der Waals surface area contributed by atoms with Crippen molar-refractivity contribution >= 4 is 5.69 Å². The molecule has 3 nitrogen and oxygen atoms in total. The molecule has 0 aliphatic rings. The van der Waals surface area contributed by atoms with E-state index >= 15 is 0 Å². The zero-order valence-corrected chi connectivity index (χ0v) is 11.3. The highest BCUT2D eigenvalue weighted by molar-refractivity contribution is 5.48. The first-order valence-corrected chi connectivity index (χ1v) is 6.75. The number of anilines is 1. The van der Waals surface area contributed by atoms with E-state index in [0.29, 0.717) is 6.61 Å². The van der Waals surface area contributed by atoms with Gasteiger partial charge in [0.25, 0.3) is 0 Å². The van der Waals surface area contributed by atoms with Crippen LogP contribution in [0.1, 0.15) is 25.5 Å². The van der Waals surface area contributed by atoms with Gasteiger partial charge in [-0.05, 0) is 30.7 Å². The Hall–Kier alpha value is -2.03. The van der Waals surface area contributed by atoms with Crippen molar-refractivity contribution in [2.45, 2.75) is 26.4 Å². The Morgan fingerprint density at radius 2 is 2.11 bits per heavy atom. The van der Waals surface area contributed by atoms with Crippen LogP contribution in [0.2, 0.25) is 0 Å². The van der Waals surface area contributed by atoms with E-state index in [1.54, 1.807) is 6.20 Å². The lowest BCUT2D eigenvalue weighted by Crippen LogP contribution is -2.01. The molecule has 100 valence electrons. The van der Waals surface area contributed by atoms with Crippen LogP contribution in [-0.4, -0.2) is 11.5 Å². The summed E-state index contributed by atoms with van der Waals surface area (Å²) in [5.41, 5.74) is 2.04. The summed E-state index contributed by atoms with van der Waals surface area (Å²) < 4.78 is 5.74. The van der Waals surface area contributed by atoms with Gasteiger partial charge in [-0.25, -0.2) is 0 Å². The monoisotopic (exact) mass is 256 g/mol. The fourth-order valence-electron chi connectivity index (χ4n) is 1.75. The lowest BCUT2D eigenvalue weighted by molar-refractivity contribution is 0.301. The van der Waals surface area contributed by atoms with E-state index < -0.39 is 0 Å². The topological polar surface area (TPSA) is 34.1 Å². The minimum atomic E-state index is 0.499. The molecule has 0 amide bonds. The number of benzene rings is 1. The molecule has 1 aromatic carbocycles. The largest absolute Gasteiger partial charge is 0.487 e. The molecule has 0 atom stereocenters. The van der Waals surface area contributed by atoms with Gasteiger partial charge in [-0.15, -0.1) is 0 Å². The molecule has 1 N–H and O–H groups in total. The first-order chi connectivity index (χ1) is 9.38. The van der Waals surface area contributed by atoms with E-state index in [9.17, 15) is 0 Å². The van der Waals surface area contributed by atoms with Crippen LogP contribution in [0.4, 0.5) is 5.69 Å². The van der Waals surface area contributed by atoms with Gasteiger partial charge in [0.15, 0.2) is 0 Å². The van der Waals surface area contributed by atoms with Crippen LogP contribution in [0.3, 0.4) is 0 Å². The molecule has 0 aliphatic heterocycles. The minimum Gasteiger partial charge on any atom is -0.487 e. The Bertz CT molecular complexity index is 485. The molecule has 0 radical (unpaired) electrons. The van der Waals surface area contributed by atoms with Crippen LogP contribution < -0.4 is 10.1 Å². The summed E-state index contributed by atoms with van der Waals surface area (Å²) in [5.74, 6) is 0.868. The van der Waals surface area contributed by atoms with E-state index in [-0.39, 0.29) is 0 Å². The summed E-state index contributed by atoms with van der Waals surface area (Å²) in [5, 5.41) is 3.39. The van der Waals surface area contributed by atoms with E-state index in [2.05, 4.69) is 23.3 Å². The number of aromatic nitrogens is 1. The summed E-state index contributed by atoms with van der Waals surface area (Å²) in [7, 11) is 0. The highest BCUT2D eigenvalue weighted by Gasteiger charge is 1.98.